The Balaban J connectivity index is 1.74. The Morgan fingerprint density at radius 3 is 2.35 bits per heavy atom. The quantitative estimate of drug-likeness (QED) is 0.686. The second-order valence-corrected chi connectivity index (χ2v) is 5.96. The summed E-state index contributed by atoms with van der Waals surface area (Å²) in [6.07, 6.45) is 6.43. The van der Waals surface area contributed by atoms with Gasteiger partial charge >= 0.3 is 0 Å². The highest BCUT2D eigenvalue weighted by Crippen LogP contribution is 2.17. The van der Waals surface area contributed by atoms with E-state index in [0.29, 0.717) is 17.8 Å². The Morgan fingerprint density at radius 2 is 1.73 bits per heavy atom. The van der Waals surface area contributed by atoms with Gasteiger partial charge in [0.2, 0.25) is 0 Å². The lowest BCUT2D eigenvalue weighted by atomic mass is 10.2. The molecule has 0 radical (unpaired) electrons. The van der Waals surface area contributed by atoms with Crippen molar-refractivity contribution in [3.8, 4) is 0 Å². The van der Waals surface area contributed by atoms with E-state index in [1.165, 1.54) is 17.1 Å². The van der Waals surface area contributed by atoms with E-state index in [-0.39, 0.29) is 17.5 Å². The molecule has 0 aromatic carbocycles. The number of amides is 2. The number of carbonyl (C=O) groups is 2. The van der Waals surface area contributed by atoms with Crippen LogP contribution in [0.15, 0.2) is 24.8 Å². The Kier molecular flexibility index (Phi) is 4.57. The Hall–Kier alpha value is -3.43. The molecule has 0 bridgehead atoms. The summed E-state index contributed by atoms with van der Waals surface area (Å²) in [6.45, 7) is 2.12. The fraction of sp³-hybridized carbons (Fsp3) is 0.312. The average molecular weight is 356 g/mol. The van der Waals surface area contributed by atoms with Crippen molar-refractivity contribution >= 4 is 17.5 Å². The van der Waals surface area contributed by atoms with Crippen LogP contribution in [-0.4, -0.2) is 41.2 Å². The number of aromatic nitrogens is 6. The van der Waals surface area contributed by atoms with E-state index >= 15 is 0 Å². The lowest BCUT2D eigenvalue weighted by Gasteiger charge is -2.08. The molecule has 10 nitrogen and oxygen atoms in total. The van der Waals surface area contributed by atoms with Crippen LogP contribution >= 0.6 is 0 Å². The van der Waals surface area contributed by atoms with Crippen molar-refractivity contribution in [2.75, 3.05) is 5.32 Å². The molecule has 2 N–H and O–H groups in total. The topological polar surface area (TPSA) is 112 Å². The van der Waals surface area contributed by atoms with E-state index in [9.17, 15) is 9.59 Å². The summed E-state index contributed by atoms with van der Waals surface area (Å²) < 4.78 is 4.69. The number of anilines is 1. The molecule has 26 heavy (non-hydrogen) atoms. The van der Waals surface area contributed by atoms with Gasteiger partial charge in [0.15, 0.2) is 0 Å². The van der Waals surface area contributed by atoms with Crippen molar-refractivity contribution < 1.29 is 9.59 Å². The minimum atomic E-state index is -0.343. The molecular formula is C16H20N8O2. The molecule has 0 atom stereocenters. The van der Waals surface area contributed by atoms with Crippen LogP contribution in [0.5, 0.6) is 0 Å². The predicted molar refractivity (Wildman–Crippen MR) is 93.5 cm³/mol. The van der Waals surface area contributed by atoms with E-state index in [0.717, 1.165) is 11.3 Å². The van der Waals surface area contributed by atoms with Crippen molar-refractivity contribution in [2.24, 2.45) is 21.1 Å². The maximum Gasteiger partial charge on any atom is 0.271 e. The van der Waals surface area contributed by atoms with Crippen molar-refractivity contribution in [1.82, 2.24) is 34.7 Å². The lowest BCUT2D eigenvalue weighted by Crippen LogP contribution is -2.26. The van der Waals surface area contributed by atoms with E-state index in [4.69, 9.17) is 0 Å². The zero-order chi connectivity index (χ0) is 18.8. The molecule has 3 rings (SSSR count). The number of aryl methyl sites for hydroxylation is 3. The molecule has 0 aliphatic heterocycles. The molecule has 2 amide bonds. The van der Waals surface area contributed by atoms with E-state index < -0.39 is 0 Å². The number of hydrogen-bond acceptors (Lipinski definition) is 5. The van der Waals surface area contributed by atoms with Crippen LogP contribution < -0.4 is 10.6 Å². The normalized spacial score (nSPS) is 10.8. The first-order chi connectivity index (χ1) is 12.4. The monoisotopic (exact) mass is 356 g/mol. The predicted octanol–water partition coefficient (Wildman–Crippen LogP) is 0.378. The van der Waals surface area contributed by atoms with Crippen LogP contribution in [0.2, 0.25) is 0 Å². The molecule has 0 saturated heterocycles. The number of nitrogens with zero attached hydrogens (tertiary/aromatic N) is 6. The third-order valence-corrected chi connectivity index (χ3v) is 4.09. The van der Waals surface area contributed by atoms with Gasteiger partial charge in [-0.15, -0.1) is 0 Å². The summed E-state index contributed by atoms with van der Waals surface area (Å²) in [5.41, 5.74) is 2.65. The summed E-state index contributed by atoms with van der Waals surface area (Å²) >= 11 is 0. The first-order valence-corrected chi connectivity index (χ1v) is 7.94. The summed E-state index contributed by atoms with van der Waals surface area (Å²) in [7, 11) is 5.21. The fourth-order valence-electron chi connectivity index (χ4n) is 2.54. The molecule has 0 spiro atoms. The first-order valence-electron chi connectivity index (χ1n) is 7.94. The van der Waals surface area contributed by atoms with E-state index in [1.54, 1.807) is 43.6 Å². The average Bonchev–Trinajstić information content (AvgIpc) is 3.27. The second kappa shape index (κ2) is 6.82. The SMILES string of the molecule is Cc1c(C(=O)Nc2cnn(C)c2C(=O)NCc2cnn(C)c2)cnn1C. The summed E-state index contributed by atoms with van der Waals surface area (Å²) in [6, 6.07) is 0. The van der Waals surface area contributed by atoms with Crippen LogP contribution in [0.25, 0.3) is 0 Å². The standard InChI is InChI=1S/C16H20N8O2/c1-10-12(7-19-23(10)3)15(25)21-13-8-20-24(4)14(13)16(26)17-5-11-6-18-22(2)9-11/h6-9H,5H2,1-4H3,(H,17,26)(H,21,25). The van der Waals surface area contributed by atoms with Crippen molar-refractivity contribution in [1.29, 1.82) is 0 Å². The van der Waals surface area contributed by atoms with Gasteiger partial charge in [-0.25, -0.2) is 0 Å². The largest absolute Gasteiger partial charge is 0.346 e. The minimum absolute atomic E-state index is 0.267. The van der Waals surface area contributed by atoms with Gasteiger partial charge in [0, 0.05) is 45.1 Å². The smallest absolute Gasteiger partial charge is 0.271 e. The molecule has 3 aromatic rings. The zero-order valence-electron chi connectivity index (χ0n) is 15.0. The highest BCUT2D eigenvalue weighted by Gasteiger charge is 2.21. The lowest BCUT2D eigenvalue weighted by molar-refractivity contribution is 0.0942. The number of rotatable bonds is 5. The van der Waals surface area contributed by atoms with Crippen LogP contribution in [0.1, 0.15) is 32.1 Å². The Bertz CT molecular complexity index is 965. The van der Waals surface area contributed by atoms with Gasteiger partial charge < -0.3 is 10.6 Å². The van der Waals surface area contributed by atoms with Crippen molar-refractivity contribution in [2.45, 2.75) is 13.5 Å². The van der Waals surface area contributed by atoms with Crippen LogP contribution in [0.4, 0.5) is 5.69 Å². The van der Waals surface area contributed by atoms with Crippen molar-refractivity contribution in [3.63, 3.8) is 0 Å². The molecule has 136 valence electrons. The van der Waals surface area contributed by atoms with Gasteiger partial charge in [0.05, 0.1) is 29.8 Å². The Labute approximate surface area is 149 Å². The summed E-state index contributed by atoms with van der Waals surface area (Å²) in [5.74, 6) is -0.683. The van der Waals surface area contributed by atoms with Gasteiger partial charge in [-0.05, 0) is 6.92 Å². The maximum atomic E-state index is 12.5. The van der Waals surface area contributed by atoms with Gasteiger partial charge in [0.1, 0.15) is 5.69 Å². The molecular weight excluding hydrogens is 336 g/mol. The van der Waals surface area contributed by atoms with E-state index in [1.807, 2.05) is 6.20 Å². The minimum Gasteiger partial charge on any atom is -0.346 e. The molecule has 0 fully saturated rings. The van der Waals surface area contributed by atoms with E-state index in [2.05, 4.69) is 25.9 Å². The van der Waals surface area contributed by atoms with Gasteiger partial charge in [0.25, 0.3) is 11.8 Å². The van der Waals surface area contributed by atoms with Crippen LogP contribution in [0, 0.1) is 6.92 Å². The Morgan fingerprint density at radius 1 is 1.00 bits per heavy atom. The molecule has 10 heteroatoms. The van der Waals surface area contributed by atoms with Crippen molar-refractivity contribution in [3.05, 3.63) is 47.3 Å². The van der Waals surface area contributed by atoms with Crippen LogP contribution in [0.3, 0.4) is 0 Å². The van der Waals surface area contributed by atoms with Gasteiger partial charge in [-0.1, -0.05) is 0 Å². The number of hydrogen-bond donors (Lipinski definition) is 2. The highest BCUT2D eigenvalue weighted by molar-refractivity contribution is 6.08. The molecule has 0 unspecified atom stereocenters. The van der Waals surface area contributed by atoms with Gasteiger partial charge in [-0.2, -0.15) is 15.3 Å². The number of nitrogens with one attached hydrogen (secondary N) is 2. The first kappa shape index (κ1) is 17.4. The molecule has 3 heterocycles. The molecule has 0 saturated carbocycles. The third kappa shape index (κ3) is 3.34. The maximum absolute atomic E-state index is 12.5. The molecule has 0 aliphatic rings. The second-order valence-electron chi connectivity index (χ2n) is 5.96. The van der Waals surface area contributed by atoms with Gasteiger partial charge in [-0.3, -0.25) is 23.6 Å². The zero-order valence-corrected chi connectivity index (χ0v) is 15.0. The third-order valence-electron chi connectivity index (χ3n) is 4.09. The fourth-order valence-corrected chi connectivity index (χ4v) is 2.54. The summed E-state index contributed by atoms with van der Waals surface area (Å²) in [4.78, 5) is 25.0. The summed E-state index contributed by atoms with van der Waals surface area (Å²) in [5, 5.41) is 17.7. The molecule has 3 aromatic heterocycles. The number of carbonyl (C=O) groups excluding carboxylic acids is 2. The highest BCUT2D eigenvalue weighted by atomic mass is 16.2. The van der Waals surface area contributed by atoms with Crippen LogP contribution in [-0.2, 0) is 27.7 Å². The molecule has 0 aliphatic carbocycles.